The molecule has 0 saturated carbocycles. The van der Waals surface area contributed by atoms with Crippen molar-refractivity contribution in [3.63, 3.8) is 0 Å². The van der Waals surface area contributed by atoms with Gasteiger partial charge in [-0.1, -0.05) is 13.8 Å². The standard InChI is InChI=1S/C14H16O3S2/c1-8(2)18-12-10-7-9(16-3)5-6-11(10)19-13(12)14(15)17-4/h5-8H,1-4H3. The van der Waals surface area contributed by atoms with Gasteiger partial charge in [-0.25, -0.2) is 4.79 Å². The van der Waals surface area contributed by atoms with E-state index in [9.17, 15) is 4.79 Å². The van der Waals surface area contributed by atoms with Crippen LogP contribution in [0, 0.1) is 0 Å². The first kappa shape index (κ1) is 14.2. The van der Waals surface area contributed by atoms with Gasteiger partial charge in [0.2, 0.25) is 0 Å². The topological polar surface area (TPSA) is 35.5 Å². The van der Waals surface area contributed by atoms with Crippen LogP contribution in [0.2, 0.25) is 0 Å². The Labute approximate surface area is 120 Å². The molecule has 0 fully saturated rings. The van der Waals surface area contributed by atoms with Gasteiger partial charge in [0.1, 0.15) is 10.6 Å². The number of methoxy groups -OCH3 is 2. The molecule has 0 atom stereocenters. The predicted octanol–water partition coefficient (Wildman–Crippen LogP) is 4.20. The fraction of sp³-hybridized carbons (Fsp3) is 0.357. The van der Waals surface area contributed by atoms with Crippen molar-refractivity contribution >= 4 is 39.2 Å². The van der Waals surface area contributed by atoms with E-state index in [2.05, 4.69) is 13.8 Å². The highest BCUT2D eigenvalue weighted by Crippen LogP contribution is 2.41. The Kier molecular flexibility index (Phi) is 4.37. The molecule has 1 aromatic heterocycles. The summed E-state index contributed by atoms with van der Waals surface area (Å²) in [5, 5.41) is 1.45. The zero-order valence-corrected chi connectivity index (χ0v) is 13.0. The van der Waals surface area contributed by atoms with Crippen LogP contribution in [0.15, 0.2) is 23.1 Å². The molecule has 2 aromatic rings. The van der Waals surface area contributed by atoms with E-state index in [1.807, 2.05) is 18.2 Å². The summed E-state index contributed by atoms with van der Waals surface area (Å²) in [6.07, 6.45) is 0. The minimum Gasteiger partial charge on any atom is -0.497 e. The van der Waals surface area contributed by atoms with Crippen LogP contribution in [0.1, 0.15) is 23.5 Å². The molecule has 1 aromatic carbocycles. The molecule has 0 bridgehead atoms. The Morgan fingerprint density at radius 1 is 1.32 bits per heavy atom. The van der Waals surface area contributed by atoms with Crippen molar-refractivity contribution in [2.24, 2.45) is 0 Å². The number of hydrogen-bond acceptors (Lipinski definition) is 5. The van der Waals surface area contributed by atoms with Crippen LogP contribution in [-0.4, -0.2) is 25.4 Å². The number of fused-ring (bicyclic) bond motifs is 1. The Bertz CT molecular complexity index is 602. The van der Waals surface area contributed by atoms with Crippen LogP contribution in [0.4, 0.5) is 0 Å². The minimum absolute atomic E-state index is 0.275. The summed E-state index contributed by atoms with van der Waals surface area (Å²) in [4.78, 5) is 13.5. The molecule has 0 aliphatic carbocycles. The number of ether oxygens (including phenoxy) is 2. The summed E-state index contributed by atoms with van der Waals surface area (Å²) in [6.45, 7) is 4.21. The third kappa shape index (κ3) is 2.87. The first-order chi connectivity index (χ1) is 9.06. The first-order valence-electron chi connectivity index (χ1n) is 5.92. The van der Waals surface area contributed by atoms with Crippen molar-refractivity contribution in [3.05, 3.63) is 23.1 Å². The van der Waals surface area contributed by atoms with Crippen molar-refractivity contribution in [2.45, 2.75) is 24.0 Å². The van der Waals surface area contributed by atoms with Crippen LogP contribution in [0.25, 0.3) is 10.1 Å². The number of rotatable bonds is 4. The van der Waals surface area contributed by atoms with Crippen molar-refractivity contribution < 1.29 is 14.3 Å². The van der Waals surface area contributed by atoms with Crippen molar-refractivity contribution in [1.82, 2.24) is 0 Å². The smallest absolute Gasteiger partial charge is 0.349 e. The molecule has 0 radical (unpaired) electrons. The van der Waals surface area contributed by atoms with Gasteiger partial charge < -0.3 is 9.47 Å². The maximum atomic E-state index is 11.9. The highest BCUT2D eigenvalue weighted by atomic mass is 32.2. The van der Waals surface area contributed by atoms with Gasteiger partial charge in [0.25, 0.3) is 0 Å². The van der Waals surface area contributed by atoms with E-state index in [0.29, 0.717) is 10.1 Å². The highest BCUT2D eigenvalue weighted by molar-refractivity contribution is 8.00. The summed E-state index contributed by atoms with van der Waals surface area (Å²) in [5.74, 6) is 0.524. The Morgan fingerprint density at radius 2 is 2.05 bits per heavy atom. The summed E-state index contributed by atoms with van der Waals surface area (Å²) in [7, 11) is 3.06. The maximum absolute atomic E-state index is 11.9. The van der Waals surface area contributed by atoms with Gasteiger partial charge >= 0.3 is 5.97 Å². The van der Waals surface area contributed by atoms with Crippen LogP contribution in [0.5, 0.6) is 5.75 Å². The normalized spacial score (nSPS) is 11.0. The molecular formula is C14H16O3S2. The quantitative estimate of drug-likeness (QED) is 0.626. The summed E-state index contributed by atoms with van der Waals surface area (Å²) >= 11 is 3.14. The van der Waals surface area contributed by atoms with Gasteiger partial charge in [-0.15, -0.1) is 23.1 Å². The molecule has 102 valence electrons. The summed E-state index contributed by atoms with van der Waals surface area (Å²) in [6, 6.07) is 5.86. The molecule has 0 aliphatic heterocycles. The molecule has 19 heavy (non-hydrogen) atoms. The lowest BCUT2D eigenvalue weighted by Gasteiger charge is -2.06. The van der Waals surface area contributed by atoms with Gasteiger partial charge in [0, 0.05) is 20.2 Å². The summed E-state index contributed by atoms with van der Waals surface area (Å²) in [5.41, 5.74) is 0. The zero-order chi connectivity index (χ0) is 14.0. The van der Waals surface area contributed by atoms with E-state index in [4.69, 9.17) is 9.47 Å². The molecule has 1 heterocycles. The van der Waals surface area contributed by atoms with Crippen LogP contribution in [0.3, 0.4) is 0 Å². The molecule has 0 N–H and O–H groups in total. The van der Waals surface area contributed by atoms with Gasteiger partial charge in [-0.3, -0.25) is 0 Å². The SMILES string of the molecule is COC(=O)c1sc2ccc(OC)cc2c1SC(C)C. The molecule has 0 spiro atoms. The number of benzene rings is 1. The van der Waals surface area contributed by atoms with E-state index in [1.165, 1.54) is 18.4 Å². The average Bonchev–Trinajstić information content (AvgIpc) is 2.75. The lowest BCUT2D eigenvalue weighted by atomic mass is 10.2. The van der Waals surface area contributed by atoms with E-state index in [0.717, 1.165) is 20.7 Å². The highest BCUT2D eigenvalue weighted by Gasteiger charge is 2.20. The van der Waals surface area contributed by atoms with Crippen molar-refractivity contribution in [1.29, 1.82) is 0 Å². The second-order valence-corrected chi connectivity index (χ2v) is 6.92. The van der Waals surface area contributed by atoms with Crippen molar-refractivity contribution in [2.75, 3.05) is 14.2 Å². The molecular weight excluding hydrogens is 280 g/mol. The fourth-order valence-corrected chi connectivity index (χ4v) is 4.05. The lowest BCUT2D eigenvalue weighted by Crippen LogP contribution is -2.00. The summed E-state index contributed by atoms with van der Waals surface area (Å²) < 4.78 is 11.2. The Morgan fingerprint density at radius 3 is 2.63 bits per heavy atom. The average molecular weight is 296 g/mol. The van der Waals surface area contributed by atoms with Crippen molar-refractivity contribution in [3.8, 4) is 5.75 Å². The van der Waals surface area contributed by atoms with Crippen LogP contribution in [-0.2, 0) is 4.74 Å². The molecule has 0 unspecified atom stereocenters. The minimum atomic E-state index is -0.275. The zero-order valence-electron chi connectivity index (χ0n) is 11.4. The molecule has 5 heteroatoms. The molecule has 3 nitrogen and oxygen atoms in total. The van der Waals surface area contributed by atoms with E-state index in [-0.39, 0.29) is 5.97 Å². The van der Waals surface area contributed by atoms with Crippen LogP contribution < -0.4 is 4.74 Å². The van der Waals surface area contributed by atoms with Gasteiger partial charge in [0.15, 0.2) is 0 Å². The Hall–Kier alpha value is -1.20. The number of thioether (sulfide) groups is 1. The third-order valence-electron chi connectivity index (χ3n) is 2.57. The molecule has 0 saturated heterocycles. The van der Waals surface area contributed by atoms with E-state index >= 15 is 0 Å². The monoisotopic (exact) mass is 296 g/mol. The number of carbonyl (C=O) groups is 1. The van der Waals surface area contributed by atoms with Gasteiger partial charge in [0.05, 0.1) is 14.2 Å². The second-order valence-electron chi connectivity index (χ2n) is 4.28. The first-order valence-corrected chi connectivity index (χ1v) is 7.62. The predicted molar refractivity (Wildman–Crippen MR) is 80.7 cm³/mol. The number of esters is 1. The molecule has 2 rings (SSSR count). The van der Waals surface area contributed by atoms with Gasteiger partial charge in [-0.2, -0.15) is 0 Å². The van der Waals surface area contributed by atoms with Gasteiger partial charge in [-0.05, 0) is 18.2 Å². The third-order valence-corrected chi connectivity index (χ3v) is 4.99. The lowest BCUT2D eigenvalue weighted by molar-refractivity contribution is 0.0603. The molecule has 0 aliphatic rings. The number of carbonyl (C=O) groups excluding carboxylic acids is 1. The second kappa shape index (κ2) is 5.84. The largest absolute Gasteiger partial charge is 0.497 e. The number of thiophene rings is 1. The number of hydrogen-bond donors (Lipinski definition) is 0. The van der Waals surface area contributed by atoms with E-state index in [1.54, 1.807) is 18.9 Å². The Balaban J connectivity index is 2.63. The van der Waals surface area contributed by atoms with E-state index < -0.39 is 0 Å². The molecule has 0 amide bonds. The fourth-order valence-electron chi connectivity index (χ4n) is 1.76. The van der Waals surface area contributed by atoms with Crippen LogP contribution >= 0.6 is 23.1 Å². The maximum Gasteiger partial charge on any atom is 0.349 e.